The molecular weight excluding hydrogens is 1510 g/mol. The summed E-state index contributed by atoms with van der Waals surface area (Å²) in [5, 5.41) is 2.00. The van der Waals surface area contributed by atoms with Crippen molar-refractivity contribution in [2.75, 3.05) is 9.80 Å². The summed E-state index contributed by atoms with van der Waals surface area (Å²) < 4.78 is 164. The molecule has 0 N–H and O–H groups in total. The van der Waals surface area contributed by atoms with Gasteiger partial charge in [-0.15, -0.1) is 0 Å². The Bertz CT molecular complexity index is 7070. The van der Waals surface area contributed by atoms with Crippen LogP contribution in [0.15, 0.2) is 255 Å². The van der Waals surface area contributed by atoms with Gasteiger partial charge in [0.1, 0.15) is 0 Å². The molecule has 1 unspecified atom stereocenters. The summed E-state index contributed by atoms with van der Waals surface area (Å²) in [7, 11) is 0. The van der Waals surface area contributed by atoms with Crippen LogP contribution in [0.2, 0.25) is 0 Å². The lowest BCUT2D eigenvalue weighted by atomic mass is 9.33. The SMILES string of the molecule is [2H]c1c([2H])c([2H])c2c(c1[2H])c1cc(C(C)(C)C)ccc1n2-c1ccc2c(c1)N(c1c(-c3cccc(C([2H])([2H])C(C)(C)C)c3)cc(C(C)(C)C)cc1-c1cccc(C([2H])([2H])C(C)(C)C)c1)c1cc(C(C)C(C)(C)C)cc3c1B2c1ccc(-n2c4ccc(C(C)(C)C)cc4c4c([2H])c([2H])c([2H])c([2H])c42)cc1N3c1c(-c2cccc(C([2H])([2H])C(C)(C)C)c2)cc(C(C)(C)C)cc1-c1cccc(C([2H])([2H])C(C)(C)C)c1. The average molecular weight is 1660 g/mol. The second-order valence-electron chi connectivity index (χ2n) is 44.9. The van der Waals surface area contributed by atoms with Crippen LogP contribution in [-0.2, 0) is 47.2 Å². The molecule has 0 bridgehead atoms. The maximum Gasteiger partial charge on any atom is 0.252 e. The van der Waals surface area contributed by atoms with Gasteiger partial charge in [0, 0.05) is 88.9 Å². The molecule has 0 amide bonds. The Hall–Kier alpha value is -10.9. The third kappa shape index (κ3) is 16.7. The molecule has 4 heterocycles. The van der Waals surface area contributed by atoms with Gasteiger partial charge >= 0.3 is 0 Å². The number of aromatic nitrogens is 2. The van der Waals surface area contributed by atoms with Gasteiger partial charge in [0.05, 0.1) is 44.4 Å². The highest BCUT2D eigenvalue weighted by molar-refractivity contribution is 7.00. The summed E-state index contributed by atoms with van der Waals surface area (Å²) in [6.45, 7) is 57.2. The van der Waals surface area contributed by atoms with Crippen molar-refractivity contribution in [3.8, 4) is 55.9 Å². The molecular formula is C120H135BN4. The highest BCUT2D eigenvalue weighted by Crippen LogP contribution is 2.57. The zero-order chi connectivity index (χ0) is 103. The van der Waals surface area contributed by atoms with E-state index in [9.17, 15) is 21.9 Å². The molecule has 13 aromatic carbocycles. The van der Waals surface area contributed by atoms with E-state index in [-0.39, 0.29) is 64.0 Å². The molecule has 5 heteroatoms. The first kappa shape index (κ1) is 68.4. The lowest BCUT2D eigenvalue weighted by Gasteiger charge is -2.47. The fraction of sp³-hybridized carbons (Fsp3) is 0.350. The first-order chi connectivity index (χ1) is 64.9. The molecule has 0 aliphatic carbocycles. The van der Waals surface area contributed by atoms with E-state index in [1.165, 1.54) is 0 Å². The van der Waals surface area contributed by atoms with Crippen molar-refractivity contribution in [3.05, 3.63) is 305 Å². The van der Waals surface area contributed by atoms with Gasteiger partial charge in [-0.25, -0.2) is 0 Å². The molecule has 125 heavy (non-hydrogen) atoms. The van der Waals surface area contributed by atoms with E-state index in [0.717, 1.165) is 77.8 Å². The predicted molar refractivity (Wildman–Crippen MR) is 546 cm³/mol. The van der Waals surface area contributed by atoms with Gasteiger partial charge in [0.25, 0.3) is 6.71 Å². The number of para-hydroxylation sites is 2. The van der Waals surface area contributed by atoms with Crippen LogP contribution in [0.1, 0.15) is 272 Å². The standard InChI is InChI=1S/C120H135BN4/c1-75(116(14,15)16)84-61-107-109-108(62-84)125(111-95(82-43-35-39-78(59-82)73-114(8,9)10)67-88(120(26,27)28)68-96(111)83-44-36-40-79(60-83)74-115(11,12)13)106-70-90(123-102-48-32-30-46-92(102)98-64-86(118(20,21)22)50-56-104(98)123)52-54-100(106)121(109)99-53-51-89(122-101-47-31-29-45-91(101)97-63-85(117(17,18)19)49-55-103(97)122)69-105(99)124(107)110-93(80-41-33-37-76(57-80)71-112(2,3)4)65-87(119(23,24)25)66-94(110)81-42-34-38-77(58-81)72-113(5,6)7/h29-70,75H,71-74H2,1-28H3/i29D,30D,31D,32D,45D,46D,47D,48D,71D2,72D2,73D2,74D2. The molecule has 17 rings (SSSR count). The van der Waals surface area contributed by atoms with Crippen molar-refractivity contribution in [1.29, 1.82) is 0 Å². The molecule has 15 aromatic rings. The van der Waals surface area contributed by atoms with Crippen LogP contribution in [0.25, 0.3) is 99.5 Å². The lowest BCUT2D eigenvalue weighted by molar-refractivity contribution is 0.339. The third-order valence-corrected chi connectivity index (χ3v) is 25.1. The molecule has 2 aromatic heterocycles. The zero-order valence-corrected chi connectivity index (χ0v) is 79.1. The van der Waals surface area contributed by atoms with E-state index in [0.29, 0.717) is 111 Å². The molecule has 1 atom stereocenters. The topological polar surface area (TPSA) is 16.3 Å². The van der Waals surface area contributed by atoms with Crippen molar-refractivity contribution >= 4 is 101 Å². The zero-order valence-electron chi connectivity index (χ0n) is 95.1. The highest BCUT2D eigenvalue weighted by Gasteiger charge is 2.47. The van der Waals surface area contributed by atoms with Gasteiger partial charge in [-0.3, -0.25) is 0 Å². The minimum absolute atomic E-state index is 0.179. The van der Waals surface area contributed by atoms with E-state index < -0.39 is 82.2 Å². The molecule has 0 radical (unpaired) electrons. The number of rotatable bonds is 13. The van der Waals surface area contributed by atoms with Crippen LogP contribution in [-0.4, -0.2) is 15.8 Å². The molecule has 0 fully saturated rings. The number of fused-ring (bicyclic) bond motifs is 10. The Balaban J connectivity index is 1.16. The smallest absolute Gasteiger partial charge is 0.252 e. The summed E-state index contributed by atoms with van der Waals surface area (Å²) in [5.74, 6) is -0.288. The van der Waals surface area contributed by atoms with Gasteiger partial charge in [0.2, 0.25) is 0 Å². The molecule has 2 aliphatic rings. The highest BCUT2D eigenvalue weighted by atomic mass is 15.2. The monoisotopic (exact) mass is 1660 g/mol. The third-order valence-electron chi connectivity index (χ3n) is 25.1. The van der Waals surface area contributed by atoms with Gasteiger partial charge in [-0.2, -0.15) is 0 Å². The Kier molecular flexibility index (Phi) is 16.8. The maximum atomic E-state index is 10.3. The van der Waals surface area contributed by atoms with Gasteiger partial charge in [0.15, 0.2) is 0 Å². The second-order valence-corrected chi connectivity index (χ2v) is 44.9. The maximum absolute atomic E-state index is 10.3. The Morgan fingerprint density at radius 1 is 0.304 bits per heavy atom. The van der Waals surface area contributed by atoms with Crippen LogP contribution in [0.4, 0.5) is 34.1 Å². The second kappa shape index (κ2) is 30.7. The molecule has 0 saturated carbocycles. The molecule has 638 valence electrons. The Morgan fingerprint density at radius 3 is 0.912 bits per heavy atom. The Morgan fingerprint density at radius 2 is 0.616 bits per heavy atom. The quantitative estimate of drug-likeness (QED) is 0.107. The number of benzene rings is 13. The van der Waals surface area contributed by atoms with Crippen molar-refractivity contribution < 1.29 is 21.9 Å². The minimum Gasteiger partial charge on any atom is -0.310 e. The average Bonchev–Trinajstić information content (AvgIpc) is 1.33. The number of hydrogen-bond donors (Lipinski definition) is 0. The van der Waals surface area contributed by atoms with Crippen LogP contribution >= 0.6 is 0 Å². The summed E-state index contributed by atoms with van der Waals surface area (Å²) in [5.41, 5.74) is 15.6. The van der Waals surface area contributed by atoms with E-state index in [4.69, 9.17) is 0 Å². The van der Waals surface area contributed by atoms with E-state index in [2.05, 4.69) is 242 Å². The summed E-state index contributed by atoms with van der Waals surface area (Å²) in [6.07, 6.45) is -7.60. The minimum atomic E-state index is -1.90. The number of hydrogen-bond acceptors (Lipinski definition) is 2. The predicted octanol–water partition coefficient (Wildman–Crippen LogP) is 32.3. The molecule has 0 saturated heterocycles. The molecule has 0 spiro atoms. The molecule has 4 nitrogen and oxygen atoms in total. The van der Waals surface area contributed by atoms with Gasteiger partial charge < -0.3 is 18.9 Å². The van der Waals surface area contributed by atoms with E-state index in [1.54, 1.807) is 0 Å². The first-order valence-electron chi connectivity index (χ1n) is 52.9. The number of nitrogens with zero attached hydrogens (tertiary/aromatic N) is 4. The van der Waals surface area contributed by atoms with E-state index >= 15 is 0 Å². The van der Waals surface area contributed by atoms with Crippen molar-refractivity contribution in [2.24, 2.45) is 27.1 Å². The van der Waals surface area contributed by atoms with Gasteiger partial charge in [-0.1, -0.05) is 351 Å². The summed E-state index contributed by atoms with van der Waals surface area (Å²) in [6, 6.07) is 68.2. The summed E-state index contributed by atoms with van der Waals surface area (Å²) >= 11 is 0. The van der Waals surface area contributed by atoms with E-state index in [1.807, 2.05) is 177 Å². The fourth-order valence-electron chi connectivity index (χ4n) is 18.7. The van der Waals surface area contributed by atoms with Crippen LogP contribution in [0.5, 0.6) is 0 Å². The first-order valence-corrected chi connectivity index (χ1v) is 44.9. The normalized spacial score (nSPS) is 16.3. The van der Waals surface area contributed by atoms with Crippen LogP contribution in [0, 0.1) is 27.1 Å². The number of anilines is 6. The van der Waals surface area contributed by atoms with Crippen LogP contribution < -0.4 is 26.2 Å². The van der Waals surface area contributed by atoms with Crippen molar-refractivity contribution in [3.63, 3.8) is 0 Å². The largest absolute Gasteiger partial charge is 0.310 e. The van der Waals surface area contributed by atoms with Crippen molar-refractivity contribution in [2.45, 2.75) is 247 Å². The van der Waals surface area contributed by atoms with Gasteiger partial charge in [-0.05, 0) is 266 Å². The Labute approximate surface area is 772 Å². The molecule has 2 aliphatic heterocycles. The van der Waals surface area contributed by atoms with Crippen LogP contribution in [0.3, 0.4) is 0 Å². The fourth-order valence-corrected chi connectivity index (χ4v) is 18.7. The van der Waals surface area contributed by atoms with Crippen molar-refractivity contribution in [1.82, 2.24) is 9.13 Å². The summed E-state index contributed by atoms with van der Waals surface area (Å²) in [4.78, 5) is 4.80. The lowest BCUT2D eigenvalue weighted by Crippen LogP contribution is -2.61.